The maximum Gasteiger partial charge on any atom is 0.336 e. The third-order valence-corrected chi connectivity index (χ3v) is 5.00. The normalized spacial score (nSPS) is 11.3. The lowest BCUT2D eigenvalue weighted by Gasteiger charge is -2.07. The second-order valence-electron chi connectivity index (χ2n) is 7.02. The second kappa shape index (κ2) is 7.47. The number of aromatic hydroxyl groups is 1. The molecule has 0 bridgehead atoms. The van der Waals surface area contributed by atoms with Crippen molar-refractivity contribution in [2.45, 2.75) is 32.6 Å². The molecule has 2 heterocycles. The Balaban J connectivity index is 2.12. The second-order valence-corrected chi connectivity index (χ2v) is 7.02. The summed E-state index contributed by atoms with van der Waals surface area (Å²) in [6.45, 7) is 2.05. The van der Waals surface area contributed by atoms with Gasteiger partial charge in [-0.05, 0) is 24.5 Å². The molecule has 0 aliphatic rings. The number of unbranched alkanes of at least 4 members (excludes halogenated alkanes) is 1. The summed E-state index contributed by atoms with van der Waals surface area (Å²) in [7, 11) is 0. The zero-order chi connectivity index (χ0) is 20.5. The molecule has 0 radical (unpaired) electrons. The zero-order valence-electron chi connectivity index (χ0n) is 15.9. The van der Waals surface area contributed by atoms with Crippen molar-refractivity contribution in [2.24, 2.45) is 0 Å². The quantitative estimate of drug-likeness (QED) is 0.454. The van der Waals surface area contributed by atoms with Crippen LogP contribution in [0.3, 0.4) is 0 Å². The van der Waals surface area contributed by atoms with E-state index in [4.69, 9.17) is 8.83 Å². The first-order chi connectivity index (χ1) is 14.0. The van der Waals surface area contributed by atoms with Gasteiger partial charge >= 0.3 is 11.6 Å². The predicted octanol–water partition coefficient (Wildman–Crippen LogP) is 4.88. The molecule has 2 N–H and O–H groups in total. The Kier molecular flexibility index (Phi) is 4.84. The van der Waals surface area contributed by atoms with Crippen LogP contribution in [0.4, 0.5) is 0 Å². The lowest BCUT2D eigenvalue weighted by atomic mass is 9.98. The van der Waals surface area contributed by atoms with Gasteiger partial charge in [-0.15, -0.1) is 0 Å². The zero-order valence-corrected chi connectivity index (χ0v) is 15.9. The Labute approximate surface area is 166 Å². The van der Waals surface area contributed by atoms with Crippen LogP contribution in [0.25, 0.3) is 33.3 Å². The average Bonchev–Trinajstić information content (AvgIpc) is 3.07. The van der Waals surface area contributed by atoms with Crippen molar-refractivity contribution < 1.29 is 23.8 Å². The van der Waals surface area contributed by atoms with Crippen LogP contribution in [0.5, 0.6) is 5.75 Å². The Morgan fingerprint density at radius 2 is 1.83 bits per heavy atom. The molecule has 0 atom stereocenters. The molecule has 0 fully saturated rings. The van der Waals surface area contributed by atoms with E-state index in [1.54, 1.807) is 12.1 Å². The Morgan fingerprint density at radius 3 is 2.52 bits per heavy atom. The van der Waals surface area contributed by atoms with Crippen molar-refractivity contribution >= 4 is 27.9 Å². The molecule has 148 valence electrons. The van der Waals surface area contributed by atoms with Gasteiger partial charge in [0.2, 0.25) is 0 Å². The molecule has 0 unspecified atom stereocenters. The third kappa shape index (κ3) is 3.38. The lowest BCUT2D eigenvalue weighted by Crippen LogP contribution is -2.03. The molecule has 2 aromatic heterocycles. The number of aryl methyl sites for hydroxylation is 1. The van der Waals surface area contributed by atoms with Crippen LogP contribution < -0.4 is 5.63 Å². The van der Waals surface area contributed by atoms with Crippen molar-refractivity contribution in [3.63, 3.8) is 0 Å². The van der Waals surface area contributed by atoms with E-state index >= 15 is 0 Å². The van der Waals surface area contributed by atoms with E-state index in [2.05, 4.69) is 6.92 Å². The first-order valence-electron chi connectivity index (χ1n) is 9.51. The standard InChI is InChI=1S/C23H20O6/c1-2-3-7-14-10-19(27)28-22-15(14)11-17(24)23-20(22)16(12-18(25)26)21(29-23)13-8-5-4-6-9-13/h4-6,8-11,24H,2-3,7,12H2,1H3,(H,25,26). The van der Waals surface area contributed by atoms with E-state index in [1.165, 1.54) is 12.1 Å². The maximum absolute atomic E-state index is 12.2. The summed E-state index contributed by atoms with van der Waals surface area (Å²) in [4.78, 5) is 23.8. The highest BCUT2D eigenvalue weighted by Crippen LogP contribution is 2.42. The number of phenolic OH excluding ortho intramolecular Hbond substituents is 1. The Bertz CT molecular complexity index is 1260. The number of hydrogen-bond acceptors (Lipinski definition) is 5. The molecule has 0 spiro atoms. The summed E-state index contributed by atoms with van der Waals surface area (Å²) in [5, 5.41) is 21.1. The van der Waals surface area contributed by atoms with Gasteiger partial charge in [0.15, 0.2) is 11.3 Å². The van der Waals surface area contributed by atoms with E-state index in [1.807, 2.05) is 18.2 Å². The van der Waals surface area contributed by atoms with Crippen molar-refractivity contribution in [2.75, 3.05) is 0 Å². The van der Waals surface area contributed by atoms with Crippen molar-refractivity contribution in [1.29, 1.82) is 0 Å². The van der Waals surface area contributed by atoms with Gasteiger partial charge in [0.1, 0.15) is 11.3 Å². The molecule has 6 nitrogen and oxygen atoms in total. The van der Waals surface area contributed by atoms with Crippen LogP contribution >= 0.6 is 0 Å². The van der Waals surface area contributed by atoms with Crippen molar-refractivity contribution in [1.82, 2.24) is 0 Å². The number of aliphatic carboxylic acids is 1. The first kappa shape index (κ1) is 18.8. The number of phenols is 1. The number of carboxylic acid groups (broad SMARTS) is 1. The summed E-state index contributed by atoms with van der Waals surface area (Å²) in [6, 6.07) is 12.0. The molecule has 4 rings (SSSR count). The smallest absolute Gasteiger partial charge is 0.336 e. The number of benzene rings is 2. The molecule has 2 aromatic carbocycles. The highest BCUT2D eigenvalue weighted by molar-refractivity contribution is 6.10. The number of fused-ring (bicyclic) bond motifs is 3. The van der Waals surface area contributed by atoms with Gasteiger partial charge in [0, 0.05) is 22.6 Å². The summed E-state index contributed by atoms with van der Waals surface area (Å²) in [6.07, 6.45) is 2.14. The SMILES string of the molecule is CCCCc1cc(=O)oc2c1cc(O)c1oc(-c3ccccc3)c(CC(=O)O)c12. The first-order valence-corrected chi connectivity index (χ1v) is 9.51. The fourth-order valence-electron chi connectivity index (χ4n) is 3.70. The maximum atomic E-state index is 12.2. The molecule has 0 saturated carbocycles. The highest BCUT2D eigenvalue weighted by atomic mass is 16.4. The minimum atomic E-state index is -1.05. The molecule has 4 aromatic rings. The molecular weight excluding hydrogens is 372 g/mol. The molecule has 29 heavy (non-hydrogen) atoms. The van der Waals surface area contributed by atoms with Crippen molar-refractivity contribution in [3.8, 4) is 17.1 Å². The molecule has 0 aliphatic heterocycles. The van der Waals surface area contributed by atoms with Crippen LogP contribution in [0, 0.1) is 0 Å². The van der Waals surface area contributed by atoms with Crippen LogP contribution in [0.2, 0.25) is 0 Å². The number of carboxylic acids is 1. The average molecular weight is 392 g/mol. The molecule has 0 aliphatic carbocycles. The van der Waals surface area contributed by atoms with Gasteiger partial charge < -0.3 is 19.0 Å². The summed E-state index contributed by atoms with van der Waals surface area (Å²) < 4.78 is 11.4. The van der Waals surface area contributed by atoms with Gasteiger partial charge in [0.05, 0.1) is 11.8 Å². The Hall–Kier alpha value is -3.54. The molecular formula is C23H20O6. The van der Waals surface area contributed by atoms with Gasteiger partial charge in [-0.2, -0.15) is 0 Å². The highest BCUT2D eigenvalue weighted by Gasteiger charge is 2.25. The van der Waals surface area contributed by atoms with Gasteiger partial charge in [-0.1, -0.05) is 43.7 Å². The van der Waals surface area contributed by atoms with E-state index in [0.29, 0.717) is 34.1 Å². The van der Waals surface area contributed by atoms with E-state index in [0.717, 1.165) is 18.4 Å². The lowest BCUT2D eigenvalue weighted by molar-refractivity contribution is -0.136. The van der Waals surface area contributed by atoms with Crippen molar-refractivity contribution in [3.05, 3.63) is 64.0 Å². The monoisotopic (exact) mass is 392 g/mol. The van der Waals surface area contributed by atoms with Crippen LogP contribution in [-0.2, 0) is 17.6 Å². The molecule has 0 saturated heterocycles. The van der Waals surface area contributed by atoms with Gasteiger partial charge in [-0.3, -0.25) is 4.79 Å². The number of hydrogen-bond donors (Lipinski definition) is 2. The summed E-state index contributed by atoms with van der Waals surface area (Å²) in [5.74, 6) is -0.828. The van der Waals surface area contributed by atoms with E-state index in [-0.39, 0.29) is 23.3 Å². The van der Waals surface area contributed by atoms with E-state index < -0.39 is 11.6 Å². The predicted molar refractivity (Wildman–Crippen MR) is 109 cm³/mol. The fourth-order valence-corrected chi connectivity index (χ4v) is 3.70. The van der Waals surface area contributed by atoms with Crippen LogP contribution in [-0.4, -0.2) is 16.2 Å². The fraction of sp³-hybridized carbons (Fsp3) is 0.217. The van der Waals surface area contributed by atoms with E-state index in [9.17, 15) is 19.8 Å². The molecule has 0 amide bonds. The largest absolute Gasteiger partial charge is 0.504 e. The van der Waals surface area contributed by atoms with Crippen LogP contribution in [0.15, 0.2) is 56.1 Å². The van der Waals surface area contributed by atoms with Gasteiger partial charge in [-0.25, -0.2) is 4.79 Å². The third-order valence-electron chi connectivity index (χ3n) is 5.00. The number of furan rings is 1. The minimum absolute atomic E-state index is 0.114. The Morgan fingerprint density at radius 1 is 1.07 bits per heavy atom. The minimum Gasteiger partial charge on any atom is -0.504 e. The van der Waals surface area contributed by atoms with Crippen LogP contribution in [0.1, 0.15) is 30.9 Å². The summed E-state index contributed by atoms with van der Waals surface area (Å²) in [5.41, 5.74) is 1.66. The summed E-state index contributed by atoms with van der Waals surface area (Å²) >= 11 is 0. The number of rotatable bonds is 6. The molecule has 6 heteroatoms. The van der Waals surface area contributed by atoms with Gasteiger partial charge in [0.25, 0.3) is 0 Å². The number of carbonyl (C=O) groups is 1. The topological polar surface area (TPSA) is 101 Å².